The maximum atomic E-state index is 13.3. The van der Waals surface area contributed by atoms with Gasteiger partial charge in [0, 0.05) is 19.2 Å². The van der Waals surface area contributed by atoms with E-state index in [1.807, 2.05) is 31.2 Å². The fourth-order valence-electron chi connectivity index (χ4n) is 4.31. The molecule has 182 valence electrons. The fourth-order valence-corrected chi connectivity index (χ4v) is 4.54. The van der Waals surface area contributed by atoms with E-state index < -0.39 is 17.7 Å². The van der Waals surface area contributed by atoms with Gasteiger partial charge in [0.05, 0.1) is 36.4 Å². The van der Waals surface area contributed by atoms with Crippen molar-refractivity contribution < 1.29 is 24.2 Å². The van der Waals surface area contributed by atoms with Crippen LogP contribution in [0.4, 0.5) is 0 Å². The third-order valence-corrected chi connectivity index (χ3v) is 6.60. The fraction of sp³-hybridized carbons (Fsp3) is 0.385. The van der Waals surface area contributed by atoms with Gasteiger partial charge in [-0.05, 0) is 37.2 Å². The molecule has 1 aliphatic heterocycles. The van der Waals surface area contributed by atoms with Crippen LogP contribution in [0.1, 0.15) is 36.6 Å². The minimum absolute atomic E-state index is 0.0153. The lowest BCUT2D eigenvalue weighted by Gasteiger charge is -2.29. The molecule has 8 heteroatoms. The molecule has 0 aromatic heterocycles. The summed E-state index contributed by atoms with van der Waals surface area (Å²) in [7, 11) is 2.90. The second kappa shape index (κ2) is 10.9. The molecule has 1 N–H and O–H groups in total. The van der Waals surface area contributed by atoms with Crippen LogP contribution in [0.2, 0.25) is 5.02 Å². The molecule has 34 heavy (non-hydrogen) atoms. The van der Waals surface area contributed by atoms with Crippen LogP contribution in [0.25, 0.3) is 5.76 Å². The third-order valence-electron chi connectivity index (χ3n) is 6.30. The van der Waals surface area contributed by atoms with Gasteiger partial charge in [-0.15, -0.1) is 0 Å². The summed E-state index contributed by atoms with van der Waals surface area (Å²) in [6.45, 7) is 8.65. The molecule has 1 unspecified atom stereocenters. The van der Waals surface area contributed by atoms with Gasteiger partial charge in [-0.2, -0.15) is 0 Å². The van der Waals surface area contributed by atoms with Gasteiger partial charge in [0.2, 0.25) is 0 Å². The van der Waals surface area contributed by atoms with E-state index in [-0.39, 0.29) is 22.6 Å². The van der Waals surface area contributed by atoms with Crippen molar-refractivity contribution in [1.29, 1.82) is 0 Å². The molecular formula is C26H31ClN2O5. The van der Waals surface area contributed by atoms with E-state index in [2.05, 4.69) is 18.7 Å². The van der Waals surface area contributed by atoms with Gasteiger partial charge >= 0.3 is 0 Å². The van der Waals surface area contributed by atoms with Gasteiger partial charge < -0.3 is 24.4 Å². The summed E-state index contributed by atoms with van der Waals surface area (Å²) in [6.07, 6.45) is 0. The Kier molecular flexibility index (Phi) is 8.23. The number of likely N-dealkylation sites (N-methyl/N-ethyl adjacent to an activating group) is 1. The lowest BCUT2D eigenvalue weighted by molar-refractivity contribution is -0.140. The first-order chi connectivity index (χ1) is 16.3. The number of aliphatic hydroxyl groups is 1. The number of hydrogen-bond acceptors (Lipinski definition) is 6. The lowest BCUT2D eigenvalue weighted by Crippen LogP contribution is -2.38. The SMILES string of the molecule is CCN(CC)CCN1C(=O)C(=O)/C(=C(/O)c2cc(OC)c(Cl)cc2OC)C1c1ccccc1C. The quantitative estimate of drug-likeness (QED) is 0.321. The molecule has 0 radical (unpaired) electrons. The molecule has 0 aliphatic carbocycles. The predicted octanol–water partition coefficient (Wildman–Crippen LogP) is 4.43. The molecule has 1 amide bonds. The second-order valence-corrected chi connectivity index (χ2v) is 8.47. The Morgan fingerprint density at radius 2 is 1.74 bits per heavy atom. The first kappa shape index (κ1) is 25.6. The summed E-state index contributed by atoms with van der Waals surface area (Å²) < 4.78 is 10.7. The molecule has 7 nitrogen and oxygen atoms in total. The smallest absolute Gasteiger partial charge is 0.295 e. The molecule has 0 saturated carbocycles. The van der Waals surface area contributed by atoms with Crippen molar-refractivity contribution in [3.8, 4) is 11.5 Å². The molecule has 0 bridgehead atoms. The molecule has 1 saturated heterocycles. The number of Topliss-reactive ketones (excluding diaryl/α,β-unsaturated/α-hetero) is 1. The van der Waals surface area contributed by atoms with E-state index in [1.54, 1.807) is 4.90 Å². The standard InChI is InChI=1S/C26H31ClN2O5/c1-6-28(7-2)12-13-29-23(17-11-9-8-10-16(17)3)22(25(31)26(29)32)24(30)18-14-21(34-5)19(27)15-20(18)33-4/h8-11,14-15,23,30H,6-7,12-13H2,1-5H3/b24-22+. The first-order valence-corrected chi connectivity index (χ1v) is 11.6. The summed E-state index contributed by atoms with van der Waals surface area (Å²) in [4.78, 5) is 30.2. The number of carbonyl (C=O) groups is 2. The molecule has 1 fully saturated rings. The number of aryl methyl sites for hydroxylation is 1. The number of carbonyl (C=O) groups excluding carboxylic acids is 2. The van der Waals surface area contributed by atoms with Crippen molar-refractivity contribution in [3.05, 3.63) is 63.7 Å². The number of likely N-dealkylation sites (tertiary alicyclic amines) is 1. The highest BCUT2D eigenvalue weighted by Crippen LogP contribution is 2.43. The Morgan fingerprint density at radius 3 is 2.32 bits per heavy atom. The van der Waals surface area contributed by atoms with Crippen molar-refractivity contribution >= 4 is 29.1 Å². The van der Waals surface area contributed by atoms with Crippen LogP contribution in [0.5, 0.6) is 11.5 Å². The van der Waals surface area contributed by atoms with E-state index in [1.165, 1.54) is 26.4 Å². The number of benzene rings is 2. The number of methoxy groups -OCH3 is 2. The van der Waals surface area contributed by atoms with Gasteiger partial charge in [-0.25, -0.2) is 0 Å². The van der Waals surface area contributed by atoms with Gasteiger partial charge in [0.1, 0.15) is 17.3 Å². The van der Waals surface area contributed by atoms with Crippen LogP contribution in [0.3, 0.4) is 0 Å². The van der Waals surface area contributed by atoms with E-state index in [0.29, 0.717) is 23.9 Å². The zero-order chi connectivity index (χ0) is 25.0. The van der Waals surface area contributed by atoms with Gasteiger partial charge in [-0.3, -0.25) is 9.59 Å². The lowest BCUT2D eigenvalue weighted by atomic mass is 9.92. The number of rotatable bonds is 9. The molecule has 3 rings (SSSR count). The molecular weight excluding hydrogens is 456 g/mol. The van der Waals surface area contributed by atoms with Crippen LogP contribution < -0.4 is 9.47 Å². The van der Waals surface area contributed by atoms with Crippen molar-refractivity contribution in [1.82, 2.24) is 9.80 Å². The van der Waals surface area contributed by atoms with Gasteiger partial charge in [0.25, 0.3) is 11.7 Å². The Labute approximate surface area is 205 Å². The van der Waals surface area contributed by atoms with Crippen molar-refractivity contribution in [2.45, 2.75) is 26.8 Å². The number of ether oxygens (including phenoxy) is 2. The van der Waals surface area contributed by atoms with E-state index in [9.17, 15) is 14.7 Å². The van der Waals surface area contributed by atoms with E-state index >= 15 is 0 Å². The van der Waals surface area contributed by atoms with E-state index in [4.69, 9.17) is 21.1 Å². The van der Waals surface area contributed by atoms with Gasteiger partial charge in [-0.1, -0.05) is 49.7 Å². The summed E-state index contributed by atoms with van der Waals surface area (Å²) in [6, 6.07) is 9.84. The number of halogens is 1. The third kappa shape index (κ3) is 4.76. The second-order valence-electron chi connectivity index (χ2n) is 8.06. The van der Waals surface area contributed by atoms with Crippen molar-refractivity contribution in [3.63, 3.8) is 0 Å². The monoisotopic (exact) mass is 486 g/mol. The Balaban J connectivity index is 2.22. The molecule has 1 atom stereocenters. The summed E-state index contributed by atoms with van der Waals surface area (Å²) in [5.74, 6) is -1.12. The topological polar surface area (TPSA) is 79.3 Å². The summed E-state index contributed by atoms with van der Waals surface area (Å²) in [5, 5.41) is 11.7. The minimum Gasteiger partial charge on any atom is -0.507 e. The summed E-state index contributed by atoms with van der Waals surface area (Å²) >= 11 is 6.23. The zero-order valence-corrected chi connectivity index (χ0v) is 21.0. The molecule has 2 aromatic carbocycles. The van der Waals surface area contributed by atoms with Crippen molar-refractivity contribution in [2.24, 2.45) is 0 Å². The Hall–Kier alpha value is -3.03. The van der Waals surface area contributed by atoms with Crippen LogP contribution >= 0.6 is 11.6 Å². The minimum atomic E-state index is -0.735. The average molecular weight is 487 g/mol. The molecule has 1 aliphatic rings. The molecule has 0 spiro atoms. The Bertz CT molecular complexity index is 1110. The number of amides is 1. The summed E-state index contributed by atoms with van der Waals surface area (Å²) in [5.41, 5.74) is 1.93. The zero-order valence-electron chi connectivity index (χ0n) is 20.2. The van der Waals surface area contributed by atoms with Crippen LogP contribution in [-0.4, -0.2) is 67.0 Å². The number of ketones is 1. The largest absolute Gasteiger partial charge is 0.507 e. The number of hydrogen-bond donors (Lipinski definition) is 1. The molecule has 2 aromatic rings. The number of aliphatic hydroxyl groups excluding tert-OH is 1. The maximum Gasteiger partial charge on any atom is 0.295 e. The van der Waals surface area contributed by atoms with Crippen LogP contribution in [-0.2, 0) is 9.59 Å². The van der Waals surface area contributed by atoms with E-state index in [0.717, 1.165) is 24.2 Å². The predicted molar refractivity (Wildman–Crippen MR) is 133 cm³/mol. The van der Waals surface area contributed by atoms with Gasteiger partial charge in [0.15, 0.2) is 0 Å². The van der Waals surface area contributed by atoms with Crippen LogP contribution in [0, 0.1) is 6.92 Å². The van der Waals surface area contributed by atoms with Crippen molar-refractivity contribution in [2.75, 3.05) is 40.4 Å². The molecule has 1 heterocycles. The Morgan fingerprint density at radius 1 is 1.09 bits per heavy atom. The first-order valence-electron chi connectivity index (χ1n) is 11.3. The highest BCUT2D eigenvalue weighted by molar-refractivity contribution is 6.46. The normalized spacial score (nSPS) is 17.5. The highest BCUT2D eigenvalue weighted by Gasteiger charge is 2.46. The average Bonchev–Trinajstić information content (AvgIpc) is 3.09. The maximum absolute atomic E-state index is 13.3. The highest BCUT2D eigenvalue weighted by atomic mass is 35.5. The van der Waals surface area contributed by atoms with Crippen LogP contribution in [0.15, 0.2) is 42.0 Å². The number of nitrogens with zero attached hydrogens (tertiary/aromatic N) is 2.